The van der Waals surface area contributed by atoms with Crippen LogP contribution < -0.4 is 5.32 Å². The number of esters is 1. The summed E-state index contributed by atoms with van der Waals surface area (Å²) >= 11 is 11.9. The van der Waals surface area contributed by atoms with Gasteiger partial charge >= 0.3 is 5.97 Å². The van der Waals surface area contributed by atoms with E-state index in [0.717, 1.165) is 5.56 Å². The number of hydrogen-bond donors (Lipinski definition) is 1. The van der Waals surface area contributed by atoms with Crippen molar-refractivity contribution in [2.45, 2.75) is 6.23 Å². The van der Waals surface area contributed by atoms with E-state index in [0.29, 0.717) is 21.3 Å². The smallest absolute Gasteiger partial charge is 0.340 e. The van der Waals surface area contributed by atoms with Gasteiger partial charge in [0, 0.05) is 10.6 Å². The van der Waals surface area contributed by atoms with Crippen LogP contribution in [0.3, 0.4) is 0 Å². The van der Waals surface area contributed by atoms with Crippen LogP contribution in [0.1, 0.15) is 22.1 Å². The third-order valence-corrected chi connectivity index (χ3v) is 3.45. The second kappa shape index (κ2) is 4.76. The molecule has 0 unspecified atom stereocenters. The van der Waals surface area contributed by atoms with Crippen LogP contribution in [0.2, 0.25) is 10.0 Å². The second-order valence-electron chi connectivity index (χ2n) is 4.14. The number of halogens is 2. The minimum atomic E-state index is -0.526. The first-order valence-electron chi connectivity index (χ1n) is 5.66. The van der Waals surface area contributed by atoms with E-state index in [-0.39, 0.29) is 5.97 Å². The van der Waals surface area contributed by atoms with Crippen molar-refractivity contribution in [2.24, 2.45) is 0 Å². The number of carbonyl (C=O) groups excluding carboxylic acids is 1. The van der Waals surface area contributed by atoms with Gasteiger partial charge in [-0.25, -0.2) is 4.79 Å². The van der Waals surface area contributed by atoms with Crippen molar-refractivity contribution in [1.29, 1.82) is 0 Å². The molecule has 3 rings (SSSR count). The Bertz CT molecular complexity index is 658. The van der Waals surface area contributed by atoms with Gasteiger partial charge in [-0.1, -0.05) is 41.4 Å². The average Bonchev–Trinajstić information content (AvgIpc) is 2.71. The summed E-state index contributed by atoms with van der Waals surface area (Å²) in [6.07, 6.45) is -0.526. The van der Waals surface area contributed by atoms with Crippen LogP contribution in [0.4, 0.5) is 5.69 Å². The van der Waals surface area contributed by atoms with E-state index >= 15 is 0 Å². The van der Waals surface area contributed by atoms with E-state index in [2.05, 4.69) is 5.32 Å². The molecule has 0 aromatic heterocycles. The Labute approximate surface area is 120 Å². The number of nitrogens with one attached hydrogen (secondary N) is 1. The van der Waals surface area contributed by atoms with Crippen molar-refractivity contribution in [2.75, 3.05) is 5.32 Å². The van der Waals surface area contributed by atoms with Gasteiger partial charge in [0.1, 0.15) is 0 Å². The Morgan fingerprint density at radius 2 is 1.89 bits per heavy atom. The van der Waals surface area contributed by atoms with E-state index < -0.39 is 6.23 Å². The third kappa shape index (κ3) is 2.27. The summed E-state index contributed by atoms with van der Waals surface area (Å²) < 4.78 is 5.28. The van der Waals surface area contributed by atoms with Gasteiger partial charge in [0.05, 0.1) is 16.3 Å². The number of rotatable bonds is 2. The summed E-state index contributed by atoms with van der Waals surface area (Å²) in [7, 11) is 0. The molecular weight excluding hydrogens is 285 g/mol. The van der Waals surface area contributed by atoms with Gasteiger partial charge < -0.3 is 10.1 Å². The molecule has 96 valence electrons. The zero-order valence-electron chi connectivity index (χ0n) is 9.69. The molecule has 1 heterocycles. The van der Waals surface area contributed by atoms with Gasteiger partial charge in [0.15, 0.2) is 0 Å². The molecule has 0 radical (unpaired) electrons. The summed E-state index contributed by atoms with van der Waals surface area (Å²) in [5.41, 5.74) is 2.05. The van der Waals surface area contributed by atoms with Crippen LogP contribution in [0, 0.1) is 0 Å². The summed E-state index contributed by atoms with van der Waals surface area (Å²) in [4.78, 5) is 11.7. The molecular formula is C14H9Cl2NO2. The highest BCUT2D eigenvalue weighted by Gasteiger charge is 2.30. The van der Waals surface area contributed by atoms with Crippen LogP contribution in [0.25, 0.3) is 0 Å². The van der Waals surface area contributed by atoms with Gasteiger partial charge in [-0.3, -0.25) is 0 Å². The molecule has 0 fully saturated rings. The number of cyclic esters (lactones) is 1. The number of carbonyl (C=O) groups is 1. The van der Waals surface area contributed by atoms with Crippen LogP contribution in [0.15, 0.2) is 42.5 Å². The molecule has 2 aromatic carbocycles. The Morgan fingerprint density at radius 1 is 1.11 bits per heavy atom. The quantitative estimate of drug-likeness (QED) is 0.840. The topological polar surface area (TPSA) is 38.3 Å². The molecule has 3 nitrogen and oxygen atoms in total. The molecule has 19 heavy (non-hydrogen) atoms. The fourth-order valence-electron chi connectivity index (χ4n) is 2.00. The Balaban J connectivity index is 1.91. The first-order valence-corrected chi connectivity index (χ1v) is 6.42. The molecule has 0 amide bonds. The molecule has 0 saturated heterocycles. The molecule has 0 saturated carbocycles. The minimum absolute atomic E-state index is 0.335. The van der Waals surface area contributed by atoms with E-state index in [1.165, 1.54) is 0 Å². The maximum atomic E-state index is 11.7. The van der Waals surface area contributed by atoms with E-state index in [9.17, 15) is 4.79 Å². The number of fused-ring (bicyclic) bond motifs is 1. The third-order valence-electron chi connectivity index (χ3n) is 2.91. The van der Waals surface area contributed by atoms with Crippen molar-refractivity contribution in [1.82, 2.24) is 0 Å². The molecule has 0 bridgehead atoms. The zero-order chi connectivity index (χ0) is 13.4. The number of anilines is 1. The van der Waals surface area contributed by atoms with Gasteiger partial charge in [-0.2, -0.15) is 0 Å². The van der Waals surface area contributed by atoms with Crippen molar-refractivity contribution >= 4 is 34.9 Å². The minimum Gasteiger partial charge on any atom is -0.434 e. The fraction of sp³-hybridized carbons (Fsp3) is 0.0714. The Kier molecular flexibility index (Phi) is 3.09. The lowest BCUT2D eigenvalue weighted by molar-refractivity contribution is 0.0437. The normalized spacial score (nSPS) is 16.9. The molecule has 2 aromatic rings. The number of hydrogen-bond acceptors (Lipinski definition) is 3. The average molecular weight is 294 g/mol. The maximum Gasteiger partial charge on any atom is 0.340 e. The summed E-state index contributed by atoms with van der Waals surface area (Å²) in [6, 6.07) is 12.4. The standard InChI is InChI=1S/C14H9Cl2NO2/c15-8-5-6-12(11(16)7-8)17-13-9-3-1-2-4-10(9)14(18)19-13/h1-7,13,17H/t13-/m0/s1. The second-order valence-corrected chi connectivity index (χ2v) is 4.98. The fourth-order valence-corrected chi connectivity index (χ4v) is 2.46. The van der Waals surface area contributed by atoms with Gasteiger partial charge in [-0.05, 0) is 24.3 Å². The number of ether oxygens (including phenoxy) is 1. The Morgan fingerprint density at radius 3 is 2.68 bits per heavy atom. The van der Waals surface area contributed by atoms with Crippen molar-refractivity contribution in [3.63, 3.8) is 0 Å². The van der Waals surface area contributed by atoms with Gasteiger partial charge in [0.25, 0.3) is 0 Å². The SMILES string of the molecule is O=C1O[C@H](Nc2ccc(Cl)cc2Cl)c2ccccc21. The highest BCUT2D eigenvalue weighted by molar-refractivity contribution is 6.36. The lowest BCUT2D eigenvalue weighted by atomic mass is 10.1. The maximum absolute atomic E-state index is 11.7. The monoisotopic (exact) mass is 293 g/mol. The predicted octanol–water partition coefficient (Wildman–Crippen LogP) is 4.27. The summed E-state index contributed by atoms with van der Waals surface area (Å²) in [5, 5.41) is 4.12. The lowest BCUT2D eigenvalue weighted by Crippen LogP contribution is -2.10. The van der Waals surface area contributed by atoms with E-state index in [4.69, 9.17) is 27.9 Å². The van der Waals surface area contributed by atoms with Gasteiger partial charge in [0.2, 0.25) is 6.23 Å². The molecule has 1 aliphatic rings. The van der Waals surface area contributed by atoms with Crippen LogP contribution in [-0.4, -0.2) is 5.97 Å². The highest BCUT2D eigenvalue weighted by atomic mass is 35.5. The molecule has 1 aliphatic heterocycles. The first-order chi connectivity index (χ1) is 9.15. The molecule has 0 aliphatic carbocycles. The van der Waals surface area contributed by atoms with Crippen molar-refractivity contribution in [3.05, 3.63) is 63.6 Å². The van der Waals surface area contributed by atoms with Crippen molar-refractivity contribution < 1.29 is 9.53 Å². The van der Waals surface area contributed by atoms with Crippen LogP contribution in [0.5, 0.6) is 0 Å². The highest BCUT2D eigenvalue weighted by Crippen LogP contribution is 2.34. The zero-order valence-corrected chi connectivity index (χ0v) is 11.2. The molecule has 1 atom stereocenters. The van der Waals surface area contributed by atoms with Gasteiger partial charge in [-0.15, -0.1) is 0 Å². The number of benzene rings is 2. The molecule has 5 heteroatoms. The predicted molar refractivity (Wildman–Crippen MR) is 74.7 cm³/mol. The van der Waals surface area contributed by atoms with Crippen LogP contribution >= 0.6 is 23.2 Å². The largest absolute Gasteiger partial charge is 0.434 e. The molecule has 1 N–H and O–H groups in total. The summed E-state index contributed by atoms with van der Waals surface area (Å²) in [6.45, 7) is 0. The summed E-state index contributed by atoms with van der Waals surface area (Å²) in [5.74, 6) is -0.335. The lowest BCUT2D eigenvalue weighted by Gasteiger charge is -2.15. The first kappa shape index (κ1) is 12.3. The molecule has 0 spiro atoms. The Hall–Kier alpha value is -1.71. The van der Waals surface area contributed by atoms with Crippen molar-refractivity contribution in [3.8, 4) is 0 Å². The van der Waals surface area contributed by atoms with Crippen LogP contribution in [-0.2, 0) is 4.74 Å². The van der Waals surface area contributed by atoms with E-state index in [1.54, 1.807) is 30.3 Å². The van der Waals surface area contributed by atoms with E-state index in [1.807, 2.05) is 12.1 Å².